The summed E-state index contributed by atoms with van der Waals surface area (Å²) in [7, 11) is 2.22. The van der Waals surface area contributed by atoms with Crippen molar-refractivity contribution < 1.29 is 0 Å². The van der Waals surface area contributed by atoms with Gasteiger partial charge in [0.15, 0.2) is 0 Å². The number of unbranched alkanes of at least 4 members (excludes halogenated alkanes) is 3. The van der Waals surface area contributed by atoms with Gasteiger partial charge in [-0.15, -0.1) is 0 Å². The summed E-state index contributed by atoms with van der Waals surface area (Å²) < 4.78 is 0. The molecule has 1 fully saturated rings. The third-order valence-corrected chi connectivity index (χ3v) is 3.43. The molecule has 0 N–H and O–H groups in total. The topological polar surface area (TPSA) is 3.24 Å². The predicted molar refractivity (Wildman–Crippen MR) is 63.5 cm³/mol. The highest BCUT2D eigenvalue weighted by Gasteiger charge is 2.24. The van der Waals surface area contributed by atoms with Gasteiger partial charge >= 0.3 is 0 Å². The fraction of sp³-hybridized carbons (Fsp3) is 1.00. The van der Waals surface area contributed by atoms with Gasteiger partial charge in [-0.05, 0) is 25.3 Å². The zero-order valence-electron chi connectivity index (χ0n) is 10.3. The Labute approximate surface area is 89.9 Å². The minimum atomic E-state index is 0.963. The summed E-state index contributed by atoms with van der Waals surface area (Å²) in [5.41, 5.74) is 0. The first-order valence-corrected chi connectivity index (χ1v) is 6.41. The third kappa shape index (κ3) is 4.45. The molecule has 1 aliphatic rings. The monoisotopic (exact) mass is 197 g/mol. The predicted octanol–water partition coefficient (Wildman–Crippen LogP) is 3.54. The van der Waals surface area contributed by atoms with E-state index in [1.165, 1.54) is 51.6 Å². The molecule has 0 bridgehead atoms. The summed E-state index contributed by atoms with van der Waals surface area (Å²) in [5, 5.41) is 0. The maximum Gasteiger partial charge on any atom is 0.00191 e. The van der Waals surface area contributed by atoms with Crippen LogP contribution in [0.15, 0.2) is 0 Å². The van der Waals surface area contributed by atoms with Gasteiger partial charge in [-0.25, -0.2) is 0 Å². The largest absolute Gasteiger partial charge is 0.306 e. The maximum atomic E-state index is 2.43. The van der Waals surface area contributed by atoms with Crippen LogP contribution in [0.1, 0.15) is 52.4 Å². The second-order valence-electron chi connectivity index (χ2n) is 5.28. The highest BCUT2D eigenvalue weighted by Crippen LogP contribution is 2.24. The molecule has 1 saturated heterocycles. The van der Waals surface area contributed by atoms with E-state index in [4.69, 9.17) is 0 Å². The summed E-state index contributed by atoms with van der Waals surface area (Å²) in [6.45, 7) is 7.41. The highest BCUT2D eigenvalue weighted by molar-refractivity contribution is 4.78. The molecule has 0 radical (unpaired) electrons. The van der Waals surface area contributed by atoms with Crippen LogP contribution in [0, 0.1) is 11.8 Å². The van der Waals surface area contributed by atoms with Crippen LogP contribution < -0.4 is 0 Å². The Morgan fingerprint density at radius 1 is 1.21 bits per heavy atom. The molecule has 0 aliphatic carbocycles. The van der Waals surface area contributed by atoms with Gasteiger partial charge in [0, 0.05) is 13.1 Å². The zero-order chi connectivity index (χ0) is 10.4. The van der Waals surface area contributed by atoms with Gasteiger partial charge in [-0.3, -0.25) is 0 Å². The molecule has 0 saturated carbocycles. The number of likely N-dealkylation sites (tertiary alicyclic amines) is 1. The van der Waals surface area contributed by atoms with Crippen LogP contribution in [0.2, 0.25) is 0 Å². The van der Waals surface area contributed by atoms with E-state index in [0.717, 1.165) is 11.8 Å². The molecular formula is C13H27N. The van der Waals surface area contributed by atoms with E-state index in [1.807, 2.05) is 0 Å². The molecule has 1 heterocycles. The molecule has 14 heavy (non-hydrogen) atoms. The van der Waals surface area contributed by atoms with E-state index >= 15 is 0 Å². The molecule has 0 aromatic rings. The Balaban J connectivity index is 1.91. The Morgan fingerprint density at radius 3 is 2.50 bits per heavy atom. The fourth-order valence-electron chi connectivity index (χ4n) is 2.58. The lowest BCUT2D eigenvalue weighted by atomic mass is 9.87. The number of rotatable bonds is 7. The number of nitrogens with zero attached hydrogens (tertiary/aromatic N) is 1. The molecule has 1 unspecified atom stereocenters. The van der Waals surface area contributed by atoms with Gasteiger partial charge in [-0.1, -0.05) is 46.0 Å². The van der Waals surface area contributed by atoms with E-state index < -0.39 is 0 Å². The minimum Gasteiger partial charge on any atom is -0.306 e. The standard InChI is InChI=1S/C13H27N/c1-4-5-6-7-8-12(2)9-13-10-14(3)11-13/h12-13H,4-11H2,1-3H3. The quantitative estimate of drug-likeness (QED) is 0.564. The zero-order valence-corrected chi connectivity index (χ0v) is 10.3. The molecule has 0 aromatic carbocycles. The van der Waals surface area contributed by atoms with Crippen LogP contribution in [0.3, 0.4) is 0 Å². The van der Waals surface area contributed by atoms with E-state index in [0.29, 0.717) is 0 Å². The van der Waals surface area contributed by atoms with E-state index in [-0.39, 0.29) is 0 Å². The molecule has 1 nitrogen and oxygen atoms in total. The van der Waals surface area contributed by atoms with Crippen LogP contribution in [-0.2, 0) is 0 Å². The Hall–Kier alpha value is -0.0400. The molecule has 0 amide bonds. The van der Waals surface area contributed by atoms with Crippen LogP contribution in [-0.4, -0.2) is 25.0 Å². The van der Waals surface area contributed by atoms with Crippen molar-refractivity contribution in [3.63, 3.8) is 0 Å². The van der Waals surface area contributed by atoms with Crippen molar-refractivity contribution in [3.05, 3.63) is 0 Å². The summed E-state index contributed by atoms with van der Waals surface area (Å²) in [5.74, 6) is 1.98. The van der Waals surface area contributed by atoms with Crippen molar-refractivity contribution in [2.24, 2.45) is 11.8 Å². The van der Waals surface area contributed by atoms with Crippen molar-refractivity contribution in [2.75, 3.05) is 20.1 Å². The molecular weight excluding hydrogens is 170 g/mol. The molecule has 0 aromatic heterocycles. The maximum absolute atomic E-state index is 2.43. The number of hydrogen-bond donors (Lipinski definition) is 0. The molecule has 1 rings (SSSR count). The lowest BCUT2D eigenvalue weighted by molar-refractivity contribution is 0.111. The fourth-order valence-corrected chi connectivity index (χ4v) is 2.58. The SMILES string of the molecule is CCCCCCC(C)CC1CN(C)C1. The summed E-state index contributed by atoms with van der Waals surface area (Å²) in [4.78, 5) is 2.43. The summed E-state index contributed by atoms with van der Waals surface area (Å²) in [6, 6.07) is 0. The molecule has 1 aliphatic heterocycles. The first-order chi connectivity index (χ1) is 6.72. The molecule has 0 spiro atoms. The average Bonchev–Trinajstić information content (AvgIpc) is 2.10. The van der Waals surface area contributed by atoms with Crippen molar-refractivity contribution in [1.82, 2.24) is 4.90 Å². The summed E-state index contributed by atoms with van der Waals surface area (Å²) >= 11 is 0. The molecule has 1 atom stereocenters. The van der Waals surface area contributed by atoms with Crippen LogP contribution in [0.5, 0.6) is 0 Å². The first kappa shape index (κ1) is 12.0. The van der Waals surface area contributed by atoms with Gasteiger partial charge in [0.25, 0.3) is 0 Å². The van der Waals surface area contributed by atoms with E-state index in [1.54, 1.807) is 0 Å². The normalized spacial score (nSPS) is 20.8. The Morgan fingerprint density at radius 2 is 1.93 bits per heavy atom. The van der Waals surface area contributed by atoms with Gasteiger partial charge in [-0.2, -0.15) is 0 Å². The number of hydrogen-bond acceptors (Lipinski definition) is 1. The van der Waals surface area contributed by atoms with Gasteiger partial charge < -0.3 is 4.90 Å². The first-order valence-electron chi connectivity index (χ1n) is 6.41. The molecule has 1 heteroatoms. The van der Waals surface area contributed by atoms with Gasteiger partial charge in [0.1, 0.15) is 0 Å². The van der Waals surface area contributed by atoms with Crippen molar-refractivity contribution in [3.8, 4) is 0 Å². The Kier molecular flexibility index (Phi) is 5.54. The lowest BCUT2D eigenvalue weighted by Crippen LogP contribution is -2.44. The van der Waals surface area contributed by atoms with E-state index in [9.17, 15) is 0 Å². The van der Waals surface area contributed by atoms with Gasteiger partial charge in [0.2, 0.25) is 0 Å². The molecule has 84 valence electrons. The second-order valence-corrected chi connectivity index (χ2v) is 5.28. The van der Waals surface area contributed by atoms with Gasteiger partial charge in [0.05, 0.1) is 0 Å². The van der Waals surface area contributed by atoms with Crippen molar-refractivity contribution in [1.29, 1.82) is 0 Å². The smallest absolute Gasteiger partial charge is 0.00191 e. The minimum absolute atomic E-state index is 0.963. The van der Waals surface area contributed by atoms with Crippen LogP contribution in [0.25, 0.3) is 0 Å². The highest BCUT2D eigenvalue weighted by atomic mass is 15.2. The second kappa shape index (κ2) is 6.44. The summed E-state index contributed by atoms with van der Waals surface area (Å²) in [6.07, 6.45) is 8.63. The average molecular weight is 197 g/mol. The third-order valence-electron chi connectivity index (χ3n) is 3.43. The van der Waals surface area contributed by atoms with Crippen LogP contribution in [0.4, 0.5) is 0 Å². The van der Waals surface area contributed by atoms with Crippen molar-refractivity contribution in [2.45, 2.75) is 52.4 Å². The lowest BCUT2D eigenvalue weighted by Gasteiger charge is -2.37. The van der Waals surface area contributed by atoms with Crippen molar-refractivity contribution >= 4 is 0 Å². The Bertz CT molecular complexity index is 138. The van der Waals surface area contributed by atoms with E-state index in [2.05, 4.69) is 25.8 Å². The van der Waals surface area contributed by atoms with Crippen LogP contribution >= 0.6 is 0 Å².